The Balaban J connectivity index is 1.75. The van der Waals surface area contributed by atoms with Crippen LogP contribution in [0.2, 0.25) is 5.02 Å². The van der Waals surface area contributed by atoms with E-state index in [0.29, 0.717) is 28.5 Å². The summed E-state index contributed by atoms with van der Waals surface area (Å²) in [5.41, 5.74) is 4.23. The molecule has 0 fully saturated rings. The lowest BCUT2D eigenvalue weighted by molar-refractivity contribution is -0.113. The maximum atomic E-state index is 13.4. The molecule has 4 nitrogen and oxygen atoms in total. The molecule has 3 aromatic rings. The minimum absolute atomic E-state index is 0.141. The number of halogens is 1. The average molecular weight is 430 g/mol. The topological polar surface area (TPSA) is 46.6 Å². The van der Waals surface area contributed by atoms with E-state index in [2.05, 4.69) is 0 Å². The van der Waals surface area contributed by atoms with Crippen LogP contribution in [0.3, 0.4) is 0 Å². The fraction of sp³-hybridized carbons (Fsp3) is 0.0769. The van der Waals surface area contributed by atoms with E-state index < -0.39 is 0 Å². The first-order valence-corrected chi connectivity index (χ1v) is 10.3. The van der Waals surface area contributed by atoms with Gasteiger partial charge in [-0.3, -0.25) is 9.69 Å². The third-order valence-corrected chi connectivity index (χ3v) is 5.13. The van der Waals surface area contributed by atoms with Crippen LogP contribution in [0, 0.1) is 0 Å². The number of rotatable bonds is 5. The highest BCUT2D eigenvalue weighted by Gasteiger charge is 2.30. The first-order chi connectivity index (χ1) is 15.1. The van der Waals surface area contributed by atoms with Gasteiger partial charge < -0.3 is 4.74 Å². The number of amides is 1. The van der Waals surface area contributed by atoms with Crippen molar-refractivity contribution in [2.75, 3.05) is 11.5 Å². The fourth-order valence-electron chi connectivity index (χ4n) is 3.39. The molecule has 0 saturated heterocycles. The van der Waals surface area contributed by atoms with Gasteiger partial charge >= 0.3 is 5.97 Å². The minimum atomic E-state index is -0.389. The Bertz CT molecular complexity index is 1160. The molecule has 0 spiro atoms. The van der Waals surface area contributed by atoms with Gasteiger partial charge in [-0.25, -0.2) is 4.79 Å². The van der Waals surface area contributed by atoms with Gasteiger partial charge in [0.15, 0.2) is 0 Å². The highest BCUT2D eigenvalue weighted by molar-refractivity contribution is 6.30. The lowest BCUT2D eigenvalue weighted by Crippen LogP contribution is -2.25. The van der Waals surface area contributed by atoms with Crippen molar-refractivity contribution in [2.45, 2.75) is 6.92 Å². The quantitative estimate of drug-likeness (QED) is 0.369. The standard InChI is InChI=1S/C26H20ClNO3/c1-2-31-26(30)20-10-14-23(15-11-20)28-24(19-8-12-22(27)13-9-19)17-21(25(28)29)16-18-6-4-3-5-7-18/h3-17H,2H2,1H3/b21-16+. The molecule has 1 aliphatic heterocycles. The monoisotopic (exact) mass is 429 g/mol. The number of hydrogen-bond acceptors (Lipinski definition) is 3. The molecule has 0 radical (unpaired) electrons. The summed E-state index contributed by atoms with van der Waals surface area (Å²) in [6.07, 6.45) is 3.74. The maximum Gasteiger partial charge on any atom is 0.338 e. The van der Waals surface area contributed by atoms with Crippen LogP contribution in [0.5, 0.6) is 0 Å². The summed E-state index contributed by atoms with van der Waals surface area (Å²) in [7, 11) is 0. The van der Waals surface area contributed by atoms with Crippen molar-refractivity contribution in [3.8, 4) is 0 Å². The summed E-state index contributed by atoms with van der Waals surface area (Å²) in [6, 6.07) is 23.9. The van der Waals surface area contributed by atoms with E-state index in [1.54, 1.807) is 48.2 Å². The Morgan fingerprint density at radius 2 is 1.65 bits per heavy atom. The van der Waals surface area contributed by atoms with Crippen LogP contribution < -0.4 is 4.90 Å². The van der Waals surface area contributed by atoms with E-state index in [4.69, 9.17) is 16.3 Å². The number of benzene rings is 3. The second-order valence-electron chi connectivity index (χ2n) is 6.95. The van der Waals surface area contributed by atoms with Gasteiger partial charge in [-0.05, 0) is 66.6 Å². The molecule has 1 amide bonds. The Kier molecular flexibility index (Phi) is 6.01. The van der Waals surface area contributed by atoms with E-state index in [0.717, 1.165) is 16.8 Å². The lowest BCUT2D eigenvalue weighted by Gasteiger charge is -2.21. The maximum absolute atomic E-state index is 13.4. The number of anilines is 1. The van der Waals surface area contributed by atoms with E-state index in [1.165, 1.54) is 0 Å². The highest BCUT2D eigenvalue weighted by Crippen LogP contribution is 2.35. The molecule has 0 bridgehead atoms. The molecule has 3 aromatic carbocycles. The summed E-state index contributed by atoms with van der Waals surface area (Å²) in [5.74, 6) is -0.530. The molecule has 0 N–H and O–H groups in total. The number of carbonyl (C=O) groups excluding carboxylic acids is 2. The number of esters is 1. The van der Waals surface area contributed by atoms with Crippen LogP contribution in [-0.2, 0) is 9.53 Å². The van der Waals surface area contributed by atoms with Gasteiger partial charge in [-0.15, -0.1) is 0 Å². The largest absolute Gasteiger partial charge is 0.462 e. The van der Waals surface area contributed by atoms with E-state index >= 15 is 0 Å². The zero-order valence-electron chi connectivity index (χ0n) is 16.9. The third-order valence-electron chi connectivity index (χ3n) is 4.88. The van der Waals surface area contributed by atoms with Crippen LogP contribution in [0.25, 0.3) is 11.8 Å². The van der Waals surface area contributed by atoms with Gasteiger partial charge in [0.1, 0.15) is 0 Å². The Morgan fingerprint density at radius 1 is 0.968 bits per heavy atom. The van der Waals surface area contributed by atoms with Crippen molar-refractivity contribution in [3.63, 3.8) is 0 Å². The van der Waals surface area contributed by atoms with Gasteiger partial charge in [0, 0.05) is 16.3 Å². The minimum Gasteiger partial charge on any atom is -0.462 e. The van der Waals surface area contributed by atoms with E-state index in [9.17, 15) is 9.59 Å². The van der Waals surface area contributed by atoms with Crippen LogP contribution in [-0.4, -0.2) is 18.5 Å². The van der Waals surface area contributed by atoms with Gasteiger partial charge in [0.2, 0.25) is 0 Å². The number of nitrogens with zero attached hydrogens (tertiary/aromatic N) is 1. The van der Waals surface area contributed by atoms with Crippen molar-refractivity contribution >= 4 is 40.9 Å². The molecule has 1 heterocycles. The first-order valence-electron chi connectivity index (χ1n) is 9.93. The van der Waals surface area contributed by atoms with Crippen molar-refractivity contribution in [3.05, 3.63) is 112 Å². The first kappa shape index (κ1) is 20.6. The zero-order chi connectivity index (χ0) is 21.8. The van der Waals surface area contributed by atoms with Crippen molar-refractivity contribution < 1.29 is 14.3 Å². The third kappa shape index (κ3) is 4.44. The summed E-state index contributed by atoms with van der Waals surface area (Å²) in [4.78, 5) is 27.0. The summed E-state index contributed by atoms with van der Waals surface area (Å²) in [6.45, 7) is 2.07. The average Bonchev–Trinajstić information content (AvgIpc) is 3.11. The molecule has 0 unspecified atom stereocenters. The summed E-state index contributed by atoms with van der Waals surface area (Å²) < 4.78 is 5.05. The van der Waals surface area contributed by atoms with E-state index in [-0.39, 0.29) is 11.9 Å². The Hall–Kier alpha value is -3.63. The number of ether oxygens (including phenoxy) is 1. The fourth-order valence-corrected chi connectivity index (χ4v) is 3.52. The second kappa shape index (κ2) is 9.02. The van der Waals surface area contributed by atoms with Crippen molar-refractivity contribution in [1.29, 1.82) is 0 Å². The molecule has 0 aromatic heterocycles. The van der Waals surface area contributed by atoms with Gasteiger partial charge in [0.25, 0.3) is 5.91 Å². The van der Waals surface area contributed by atoms with E-state index in [1.807, 2.05) is 54.6 Å². The summed E-state index contributed by atoms with van der Waals surface area (Å²) >= 11 is 6.05. The van der Waals surface area contributed by atoms with Crippen molar-refractivity contribution in [1.82, 2.24) is 0 Å². The molecular formula is C26H20ClNO3. The SMILES string of the molecule is CCOC(=O)c1ccc(N2C(=O)/C(=C/c3ccccc3)C=C2c2ccc(Cl)cc2)cc1. The zero-order valence-corrected chi connectivity index (χ0v) is 17.7. The van der Waals surface area contributed by atoms with Crippen LogP contribution in [0.4, 0.5) is 5.69 Å². The molecular weight excluding hydrogens is 410 g/mol. The number of hydrogen-bond donors (Lipinski definition) is 0. The molecule has 31 heavy (non-hydrogen) atoms. The second-order valence-corrected chi connectivity index (χ2v) is 7.39. The predicted octanol–water partition coefficient (Wildman–Crippen LogP) is 5.99. The van der Waals surface area contributed by atoms with Crippen LogP contribution >= 0.6 is 11.6 Å². The van der Waals surface area contributed by atoms with Crippen LogP contribution in [0.15, 0.2) is 90.5 Å². The smallest absolute Gasteiger partial charge is 0.338 e. The number of carbonyl (C=O) groups is 2. The molecule has 4 rings (SSSR count). The normalized spacial score (nSPS) is 14.6. The Morgan fingerprint density at radius 3 is 2.29 bits per heavy atom. The summed E-state index contributed by atoms with van der Waals surface area (Å²) in [5, 5.41) is 0.624. The van der Waals surface area contributed by atoms with Crippen molar-refractivity contribution in [2.24, 2.45) is 0 Å². The molecule has 154 valence electrons. The highest BCUT2D eigenvalue weighted by atomic mass is 35.5. The molecule has 1 aliphatic rings. The molecule has 0 saturated carbocycles. The Labute approximate surface area is 186 Å². The molecule has 0 aliphatic carbocycles. The van der Waals surface area contributed by atoms with Gasteiger partial charge in [0.05, 0.1) is 17.9 Å². The lowest BCUT2D eigenvalue weighted by atomic mass is 10.1. The van der Waals surface area contributed by atoms with Crippen LogP contribution in [0.1, 0.15) is 28.4 Å². The predicted molar refractivity (Wildman–Crippen MR) is 124 cm³/mol. The van der Waals surface area contributed by atoms with Gasteiger partial charge in [-0.1, -0.05) is 54.1 Å². The molecule has 0 atom stereocenters. The molecule has 5 heteroatoms. The van der Waals surface area contributed by atoms with Gasteiger partial charge in [-0.2, -0.15) is 0 Å².